The summed E-state index contributed by atoms with van der Waals surface area (Å²) >= 11 is 9.36. The third-order valence-corrected chi connectivity index (χ3v) is 3.84. The lowest BCUT2D eigenvalue weighted by Crippen LogP contribution is -2.11. The number of fused-ring (bicyclic) bond motifs is 1. The highest BCUT2D eigenvalue weighted by Gasteiger charge is 2.14. The van der Waals surface area contributed by atoms with Gasteiger partial charge in [0.2, 0.25) is 5.78 Å². The van der Waals surface area contributed by atoms with E-state index in [0.717, 1.165) is 9.86 Å². The van der Waals surface area contributed by atoms with Crippen molar-refractivity contribution in [1.29, 1.82) is 0 Å². The molecule has 21 heavy (non-hydrogen) atoms. The van der Waals surface area contributed by atoms with E-state index in [4.69, 9.17) is 20.8 Å². The van der Waals surface area contributed by atoms with Crippen molar-refractivity contribution < 1.29 is 13.9 Å². The van der Waals surface area contributed by atoms with Crippen LogP contribution in [0.15, 0.2) is 57.6 Å². The first-order valence-corrected chi connectivity index (χ1v) is 7.39. The summed E-state index contributed by atoms with van der Waals surface area (Å²) in [6, 6.07) is 12.6. The minimum Gasteiger partial charge on any atom is -0.484 e. The molecule has 0 spiro atoms. The molecule has 5 heteroatoms. The van der Waals surface area contributed by atoms with Crippen molar-refractivity contribution in [2.24, 2.45) is 0 Å². The number of halogens is 2. The molecule has 0 unspecified atom stereocenters. The normalized spacial score (nSPS) is 10.8. The fourth-order valence-electron chi connectivity index (χ4n) is 2.00. The average molecular weight is 366 g/mol. The predicted molar refractivity (Wildman–Crippen MR) is 85.2 cm³/mol. The summed E-state index contributed by atoms with van der Waals surface area (Å²) in [6.45, 7) is -0.0975. The maximum atomic E-state index is 12.2. The predicted octanol–water partition coefficient (Wildman–Crippen LogP) is 5.11. The number of rotatable bonds is 4. The maximum Gasteiger partial charge on any atom is 0.204 e. The zero-order chi connectivity index (χ0) is 14.8. The van der Waals surface area contributed by atoms with Gasteiger partial charge in [-0.05, 0) is 24.3 Å². The molecule has 0 bridgehead atoms. The molecule has 0 aliphatic rings. The highest BCUT2D eigenvalue weighted by molar-refractivity contribution is 9.10. The number of ketones is 1. The number of para-hydroxylation sites is 1. The van der Waals surface area contributed by atoms with Crippen LogP contribution in [0.2, 0.25) is 5.02 Å². The minimum absolute atomic E-state index is 0.0975. The Balaban J connectivity index is 1.79. The van der Waals surface area contributed by atoms with Gasteiger partial charge in [-0.3, -0.25) is 4.79 Å². The number of benzene rings is 2. The fourth-order valence-corrected chi connectivity index (χ4v) is 2.51. The molecular weight excluding hydrogens is 356 g/mol. The molecule has 0 radical (unpaired) electrons. The molecule has 0 fully saturated rings. The highest BCUT2D eigenvalue weighted by atomic mass is 79.9. The molecule has 0 aliphatic heterocycles. The van der Waals surface area contributed by atoms with E-state index in [1.807, 2.05) is 24.3 Å². The van der Waals surface area contributed by atoms with Gasteiger partial charge in [0, 0.05) is 9.86 Å². The van der Waals surface area contributed by atoms with Gasteiger partial charge in [-0.25, -0.2) is 0 Å². The van der Waals surface area contributed by atoms with Crippen LogP contribution in [-0.2, 0) is 0 Å². The Morgan fingerprint density at radius 2 is 2.05 bits per heavy atom. The topological polar surface area (TPSA) is 39.4 Å². The molecule has 3 rings (SSSR count). The van der Waals surface area contributed by atoms with Crippen molar-refractivity contribution >= 4 is 44.3 Å². The lowest BCUT2D eigenvalue weighted by atomic mass is 10.1. The van der Waals surface area contributed by atoms with Gasteiger partial charge in [-0.2, -0.15) is 0 Å². The molecule has 0 amide bonds. The molecule has 3 aromatic rings. The summed E-state index contributed by atoms with van der Waals surface area (Å²) in [5.41, 5.74) is 1.19. The SMILES string of the molecule is O=C(COc1cc(Br)ccc1Cl)c1coc2ccccc12. The molecule has 1 heterocycles. The molecule has 0 saturated carbocycles. The lowest BCUT2D eigenvalue weighted by molar-refractivity contribution is 0.0922. The number of carbonyl (C=O) groups excluding carboxylic acids is 1. The Morgan fingerprint density at radius 1 is 1.24 bits per heavy atom. The van der Waals surface area contributed by atoms with Crippen molar-refractivity contribution in [2.75, 3.05) is 6.61 Å². The van der Waals surface area contributed by atoms with Crippen LogP contribution in [0.1, 0.15) is 10.4 Å². The smallest absolute Gasteiger partial charge is 0.204 e. The molecule has 1 aromatic heterocycles. The van der Waals surface area contributed by atoms with E-state index >= 15 is 0 Å². The molecule has 0 aliphatic carbocycles. The van der Waals surface area contributed by atoms with Crippen molar-refractivity contribution in [3.63, 3.8) is 0 Å². The fraction of sp³-hybridized carbons (Fsp3) is 0.0625. The summed E-state index contributed by atoms with van der Waals surface area (Å²) in [5.74, 6) is 0.309. The molecule has 0 saturated heterocycles. The van der Waals surface area contributed by atoms with E-state index in [0.29, 0.717) is 21.9 Å². The van der Waals surface area contributed by atoms with Crippen LogP contribution >= 0.6 is 27.5 Å². The molecule has 2 aromatic carbocycles. The minimum atomic E-state index is -0.156. The van der Waals surface area contributed by atoms with Gasteiger partial charge in [0.1, 0.15) is 17.6 Å². The number of ether oxygens (including phenoxy) is 1. The van der Waals surface area contributed by atoms with Gasteiger partial charge < -0.3 is 9.15 Å². The quantitative estimate of drug-likeness (QED) is 0.603. The van der Waals surface area contributed by atoms with E-state index in [2.05, 4.69) is 15.9 Å². The van der Waals surface area contributed by atoms with E-state index in [1.165, 1.54) is 6.26 Å². The van der Waals surface area contributed by atoms with Crippen molar-refractivity contribution in [1.82, 2.24) is 0 Å². The summed E-state index contributed by atoms with van der Waals surface area (Å²) in [6.07, 6.45) is 1.46. The Bertz CT molecular complexity index is 810. The maximum absolute atomic E-state index is 12.2. The summed E-state index contributed by atoms with van der Waals surface area (Å²) in [5, 5.41) is 1.24. The first-order valence-electron chi connectivity index (χ1n) is 6.22. The van der Waals surface area contributed by atoms with Crippen molar-refractivity contribution in [3.05, 3.63) is 63.8 Å². The van der Waals surface area contributed by atoms with Crippen LogP contribution in [0.25, 0.3) is 11.0 Å². The largest absolute Gasteiger partial charge is 0.484 e. The Morgan fingerprint density at radius 3 is 2.90 bits per heavy atom. The van der Waals surface area contributed by atoms with Gasteiger partial charge in [-0.15, -0.1) is 0 Å². The Hall–Kier alpha value is -1.78. The number of Topliss-reactive ketones (excluding diaryl/α,β-unsaturated/α-hetero) is 1. The zero-order valence-corrected chi connectivity index (χ0v) is 13.1. The van der Waals surface area contributed by atoms with Crippen LogP contribution in [0.5, 0.6) is 5.75 Å². The van der Waals surface area contributed by atoms with Crippen molar-refractivity contribution in [3.8, 4) is 5.75 Å². The van der Waals surface area contributed by atoms with E-state index in [-0.39, 0.29) is 12.4 Å². The number of furan rings is 1. The lowest BCUT2D eigenvalue weighted by Gasteiger charge is -2.07. The van der Waals surface area contributed by atoms with Gasteiger partial charge in [0.25, 0.3) is 0 Å². The number of hydrogen-bond acceptors (Lipinski definition) is 3. The Labute approximate surface area is 134 Å². The van der Waals surface area contributed by atoms with Crippen LogP contribution in [0, 0.1) is 0 Å². The monoisotopic (exact) mass is 364 g/mol. The standard InChI is InChI=1S/C16H10BrClO3/c17-10-5-6-13(18)16(7-10)21-9-14(19)12-8-20-15-4-2-1-3-11(12)15/h1-8H,9H2. The van der Waals surface area contributed by atoms with Gasteiger partial charge in [0.05, 0.1) is 10.6 Å². The molecular formula is C16H10BrClO3. The third kappa shape index (κ3) is 2.96. The van der Waals surface area contributed by atoms with E-state index in [1.54, 1.807) is 18.2 Å². The molecule has 106 valence electrons. The molecule has 0 N–H and O–H groups in total. The summed E-state index contributed by atoms with van der Waals surface area (Å²) in [7, 11) is 0. The second kappa shape index (κ2) is 5.92. The van der Waals surface area contributed by atoms with Gasteiger partial charge >= 0.3 is 0 Å². The first kappa shape index (κ1) is 14.2. The van der Waals surface area contributed by atoms with E-state index < -0.39 is 0 Å². The van der Waals surface area contributed by atoms with Gasteiger partial charge in [-0.1, -0.05) is 45.7 Å². The van der Waals surface area contributed by atoms with Crippen LogP contribution in [0.4, 0.5) is 0 Å². The molecule has 0 atom stereocenters. The van der Waals surface area contributed by atoms with Crippen LogP contribution in [0.3, 0.4) is 0 Å². The third-order valence-electron chi connectivity index (χ3n) is 3.03. The first-order chi connectivity index (χ1) is 10.1. The van der Waals surface area contributed by atoms with Crippen molar-refractivity contribution in [2.45, 2.75) is 0 Å². The number of hydrogen-bond donors (Lipinski definition) is 0. The second-order valence-corrected chi connectivity index (χ2v) is 5.76. The highest BCUT2D eigenvalue weighted by Crippen LogP contribution is 2.28. The van der Waals surface area contributed by atoms with Crippen LogP contribution < -0.4 is 4.74 Å². The summed E-state index contributed by atoms with van der Waals surface area (Å²) in [4.78, 5) is 12.2. The van der Waals surface area contributed by atoms with Gasteiger partial charge in [0.15, 0.2) is 6.61 Å². The van der Waals surface area contributed by atoms with E-state index in [9.17, 15) is 4.79 Å². The second-order valence-electron chi connectivity index (χ2n) is 4.43. The summed E-state index contributed by atoms with van der Waals surface area (Å²) < 4.78 is 11.7. The zero-order valence-electron chi connectivity index (χ0n) is 10.8. The average Bonchev–Trinajstić information content (AvgIpc) is 2.92. The Kier molecular flexibility index (Phi) is 3.99. The number of carbonyl (C=O) groups is 1. The van der Waals surface area contributed by atoms with Crippen LogP contribution in [-0.4, -0.2) is 12.4 Å². The molecule has 3 nitrogen and oxygen atoms in total.